The van der Waals surface area contributed by atoms with Crippen molar-refractivity contribution in [3.63, 3.8) is 0 Å². The summed E-state index contributed by atoms with van der Waals surface area (Å²) in [7, 11) is 0. The minimum atomic E-state index is -0.159. The molecule has 2 aliphatic rings. The van der Waals surface area contributed by atoms with E-state index < -0.39 is 0 Å². The third-order valence-corrected chi connectivity index (χ3v) is 4.93. The Labute approximate surface area is 106 Å². The molecular formula is C12H20BrNO2. The first-order chi connectivity index (χ1) is 7.68. The highest BCUT2D eigenvalue weighted by atomic mass is 79.9. The van der Waals surface area contributed by atoms with Gasteiger partial charge in [0, 0.05) is 24.5 Å². The van der Waals surface area contributed by atoms with Crippen LogP contribution >= 0.6 is 15.9 Å². The summed E-state index contributed by atoms with van der Waals surface area (Å²) in [6.45, 7) is 4.69. The normalized spacial score (nSPS) is 36.1. The highest BCUT2D eigenvalue weighted by molar-refractivity contribution is 9.09. The number of hydrogen-bond acceptors (Lipinski definition) is 2. The molecule has 2 saturated heterocycles. The average molecular weight is 290 g/mol. The second-order valence-electron chi connectivity index (χ2n) is 4.92. The molecule has 0 aromatic rings. The lowest BCUT2D eigenvalue weighted by molar-refractivity contribution is -0.148. The monoisotopic (exact) mass is 289 g/mol. The lowest BCUT2D eigenvalue weighted by Crippen LogP contribution is -2.48. The second-order valence-corrected chi connectivity index (χ2v) is 6.10. The lowest BCUT2D eigenvalue weighted by Gasteiger charge is -2.36. The highest BCUT2D eigenvalue weighted by Gasteiger charge is 2.32. The van der Waals surface area contributed by atoms with Gasteiger partial charge in [0.25, 0.3) is 5.91 Å². The first-order valence-electron chi connectivity index (χ1n) is 6.23. The van der Waals surface area contributed by atoms with Gasteiger partial charge in [0.2, 0.25) is 0 Å². The fourth-order valence-corrected chi connectivity index (χ4v) is 2.83. The molecular weight excluding hydrogens is 270 g/mol. The Balaban J connectivity index is 1.89. The molecule has 0 aromatic heterocycles. The van der Waals surface area contributed by atoms with Crippen LogP contribution in [0, 0.1) is 5.92 Å². The molecule has 3 nitrogen and oxygen atoms in total. The maximum Gasteiger partial charge on any atom is 0.251 e. The van der Waals surface area contributed by atoms with E-state index in [0.29, 0.717) is 10.7 Å². The van der Waals surface area contributed by atoms with Gasteiger partial charge in [0.1, 0.15) is 6.10 Å². The molecule has 2 heterocycles. The molecule has 0 aromatic carbocycles. The molecule has 2 rings (SSSR count). The van der Waals surface area contributed by atoms with E-state index in [-0.39, 0.29) is 12.0 Å². The summed E-state index contributed by atoms with van der Waals surface area (Å²) in [4.78, 5) is 14.7. The number of likely N-dealkylation sites (tertiary alicyclic amines) is 1. The van der Waals surface area contributed by atoms with Crippen LogP contribution in [0.3, 0.4) is 0 Å². The van der Waals surface area contributed by atoms with E-state index in [1.165, 1.54) is 0 Å². The van der Waals surface area contributed by atoms with Crippen LogP contribution in [0.1, 0.15) is 32.6 Å². The Morgan fingerprint density at radius 3 is 2.81 bits per heavy atom. The van der Waals surface area contributed by atoms with Crippen LogP contribution in [0.15, 0.2) is 0 Å². The Morgan fingerprint density at radius 1 is 1.38 bits per heavy atom. The quantitative estimate of drug-likeness (QED) is 0.693. The van der Waals surface area contributed by atoms with Crippen molar-refractivity contribution < 1.29 is 9.53 Å². The van der Waals surface area contributed by atoms with E-state index in [1.807, 2.05) is 4.90 Å². The van der Waals surface area contributed by atoms with E-state index in [4.69, 9.17) is 4.74 Å². The molecule has 0 radical (unpaired) electrons. The van der Waals surface area contributed by atoms with E-state index in [9.17, 15) is 4.79 Å². The van der Waals surface area contributed by atoms with Gasteiger partial charge < -0.3 is 9.64 Å². The van der Waals surface area contributed by atoms with Crippen LogP contribution in [-0.4, -0.2) is 41.4 Å². The smallest absolute Gasteiger partial charge is 0.251 e. The van der Waals surface area contributed by atoms with Crippen molar-refractivity contribution in [2.45, 2.75) is 43.5 Å². The van der Waals surface area contributed by atoms with Crippen LogP contribution in [0.4, 0.5) is 0 Å². The molecule has 3 atom stereocenters. The summed E-state index contributed by atoms with van der Waals surface area (Å²) >= 11 is 3.66. The summed E-state index contributed by atoms with van der Waals surface area (Å²) in [5.74, 6) is 0.757. The predicted molar refractivity (Wildman–Crippen MR) is 66.7 cm³/mol. The molecule has 16 heavy (non-hydrogen) atoms. The number of amides is 1. The summed E-state index contributed by atoms with van der Waals surface area (Å²) in [5, 5.41) is 0. The molecule has 0 bridgehead atoms. The van der Waals surface area contributed by atoms with E-state index in [0.717, 1.165) is 45.4 Å². The number of alkyl halides is 1. The molecule has 0 aliphatic carbocycles. The largest absolute Gasteiger partial charge is 0.368 e. The number of carbonyl (C=O) groups excluding carboxylic acids is 1. The van der Waals surface area contributed by atoms with Gasteiger partial charge in [-0.25, -0.2) is 0 Å². The van der Waals surface area contributed by atoms with Crippen molar-refractivity contribution >= 4 is 21.8 Å². The van der Waals surface area contributed by atoms with Crippen molar-refractivity contribution in [1.29, 1.82) is 0 Å². The number of carbonyl (C=O) groups is 1. The molecule has 0 N–H and O–H groups in total. The third kappa shape index (κ3) is 2.77. The summed E-state index contributed by atoms with van der Waals surface area (Å²) < 4.78 is 5.55. The van der Waals surface area contributed by atoms with Crippen LogP contribution < -0.4 is 0 Å². The summed E-state index contributed by atoms with van der Waals surface area (Å²) in [6.07, 6.45) is 4.03. The molecule has 0 spiro atoms. The van der Waals surface area contributed by atoms with Gasteiger partial charge in [-0.2, -0.15) is 0 Å². The minimum Gasteiger partial charge on any atom is -0.368 e. The van der Waals surface area contributed by atoms with Crippen LogP contribution in [0.25, 0.3) is 0 Å². The van der Waals surface area contributed by atoms with Crippen molar-refractivity contribution in [2.24, 2.45) is 5.92 Å². The van der Waals surface area contributed by atoms with Crippen molar-refractivity contribution in [3.8, 4) is 0 Å². The van der Waals surface area contributed by atoms with Gasteiger partial charge in [-0.3, -0.25) is 4.79 Å². The van der Waals surface area contributed by atoms with Gasteiger partial charge >= 0.3 is 0 Å². The fraction of sp³-hybridized carbons (Fsp3) is 0.917. The van der Waals surface area contributed by atoms with Gasteiger partial charge in [0.05, 0.1) is 0 Å². The topological polar surface area (TPSA) is 29.5 Å². The van der Waals surface area contributed by atoms with E-state index in [1.54, 1.807) is 0 Å². The number of piperidine rings is 1. The summed E-state index contributed by atoms with van der Waals surface area (Å²) in [5.41, 5.74) is 0. The van der Waals surface area contributed by atoms with Gasteiger partial charge in [0.15, 0.2) is 0 Å². The maximum atomic E-state index is 12.2. The standard InChI is InChI=1S/C12H20BrNO2/c1-9-8-14(6-5-10(9)13)12(15)11-4-2-3-7-16-11/h9-11H,2-8H2,1H3. The van der Waals surface area contributed by atoms with Crippen LogP contribution in [-0.2, 0) is 9.53 Å². The Hall–Kier alpha value is -0.0900. The molecule has 4 heteroatoms. The van der Waals surface area contributed by atoms with Crippen molar-refractivity contribution in [2.75, 3.05) is 19.7 Å². The lowest BCUT2D eigenvalue weighted by atomic mass is 9.98. The SMILES string of the molecule is CC1CN(C(=O)C2CCCCO2)CCC1Br. The number of ether oxygens (including phenoxy) is 1. The Bertz CT molecular complexity index is 253. The number of nitrogens with zero attached hydrogens (tertiary/aromatic N) is 1. The highest BCUT2D eigenvalue weighted by Crippen LogP contribution is 2.25. The zero-order chi connectivity index (χ0) is 11.5. The number of rotatable bonds is 1. The Kier molecular flexibility index (Phi) is 4.25. The average Bonchev–Trinajstić information content (AvgIpc) is 2.33. The zero-order valence-electron chi connectivity index (χ0n) is 9.82. The third-order valence-electron chi connectivity index (χ3n) is 3.57. The zero-order valence-corrected chi connectivity index (χ0v) is 11.4. The van der Waals surface area contributed by atoms with Gasteiger partial charge in [-0.05, 0) is 31.6 Å². The number of hydrogen-bond donors (Lipinski definition) is 0. The van der Waals surface area contributed by atoms with Crippen LogP contribution in [0.2, 0.25) is 0 Å². The van der Waals surface area contributed by atoms with Gasteiger partial charge in [-0.1, -0.05) is 22.9 Å². The van der Waals surface area contributed by atoms with Crippen molar-refractivity contribution in [3.05, 3.63) is 0 Å². The van der Waals surface area contributed by atoms with Crippen LogP contribution in [0.5, 0.6) is 0 Å². The van der Waals surface area contributed by atoms with E-state index >= 15 is 0 Å². The fourth-order valence-electron chi connectivity index (χ4n) is 2.46. The molecule has 0 saturated carbocycles. The first-order valence-corrected chi connectivity index (χ1v) is 7.14. The number of halogens is 1. The van der Waals surface area contributed by atoms with E-state index in [2.05, 4.69) is 22.9 Å². The predicted octanol–water partition coefficient (Wildman–Crippen LogP) is 2.19. The summed E-state index contributed by atoms with van der Waals surface area (Å²) in [6, 6.07) is 0. The molecule has 2 aliphatic heterocycles. The molecule has 2 fully saturated rings. The maximum absolute atomic E-state index is 12.2. The molecule has 3 unspecified atom stereocenters. The Morgan fingerprint density at radius 2 is 2.19 bits per heavy atom. The van der Waals surface area contributed by atoms with Crippen molar-refractivity contribution in [1.82, 2.24) is 4.90 Å². The van der Waals surface area contributed by atoms with Gasteiger partial charge in [-0.15, -0.1) is 0 Å². The molecule has 92 valence electrons. The first kappa shape index (κ1) is 12.4. The molecule has 1 amide bonds. The minimum absolute atomic E-state index is 0.159. The second kappa shape index (κ2) is 5.50.